The van der Waals surface area contributed by atoms with E-state index in [4.69, 9.17) is 0 Å². The van der Waals surface area contributed by atoms with Crippen LogP contribution in [0.15, 0.2) is 34.7 Å². The fraction of sp³-hybridized carbons (Fsp3) is 0.176. The molecule has 0 radical (unpaired) electrons. The van der Waals surface area contributed by atoms with E-state index in [0.29, 0.717) is 16.4 Å². The molecule has 1 saturated heterocycles. The van der Waals surface area contributed by atoms with Crippen molar-refractivity contribution in [3.05, 3.63) is 56.6 Å². The highest BCUT2D eigenvalue weighted by Crippen LogP contribution is 2.33. The topological polar surface area (TPSA) is 67.6 Å². The molecular weight excluding hydrogens is 356 g/mol. The highest BCUT2D eigenvalue weighted by molar-refractivity contribution is 8.18. The van der Waals surface area contributed by atoms with E-state index in [1.807, 2.05) is 48.0 Å². The number of aryl methyl sites for hydroxylation is 2. The summed E-state index contributed by atoms with van der Waals surface area (Å²) in [7, 11) is 0. The lowest BCUT2D eigenvalue weighted by Gasteiger charge is -2.09. The van der Waals surface area contributed by atoms with E-state index in [1.165, 1.54) is 16.2 Å². The minimum atomic E-state index is -0.277. The maximum Gasteiger partial charge on any atom is 0.293 e. The van der Waals surface area contributed by atoms with Crippen molar-refractivity contribution in [2.45, 2.75) is 20.4 Å². The van der Waals surface area contributed by atoms with E-state index < -0.39 is 0 Å². The number of nitrogens with zero attached hydrogens (tertiary/aromatic N) is 4. The zero-order valence-corrected chi connectivity index (χ0v) is 15.2. The second kappa shape index (κ2) is 6.12. The molecule has 1 aliphatic rings. The molecule has 0 spiro atoms. The molecule has 25 heavy (non-hydrogen) atoms. The number of aromatic nitrogens is 3. The Balaban J connectivity index is 1.61. The molecule has 0 atom stereocenters. The van der Waals surface area contributed by atoms with Gasteiger partial charge >= 0.3 is 0 Å². The monoisotopic (exact) mass is 370 g/mol. The number of hydrogen-bond donors (Lipinski definition) is 0. The van der Waals surface area contributed by atoms with Gasteiger partial charge in [0.15, 0.2) is 0 Å². The molecule has 0 aliphatic carbocycles. The van der Waals surface area contributed by atoms with Crippen LogP contribution in [0.1, 0.15) is 22.0 Å². The third-order valence-electron chi connectivity index (χ3n) is 3.82. The first kappa shape index (κ1) is 16.0. The van der Waals surface area contributed by atoms with Gasteiger partial charge in [0.25, 0.3) is 11.1 Å². The molecule has 4 heterocycles. The van der Waals surface area contributed by atoms with E-state index >= 15 is 0 Å². The van der Waals surface area contributed by atoms with Crippen LogP contribution in [0.2, 0.25) is 0 Å². The van der Waals surface area contributed by atoms with Crippen LogP contribution in [0.5, 0.6) is 0 Å². The summed E-state index contributed by atoms with van der Waals surface area (Å²) in [5.74, 6) is 0.301. The second-order valence-electron chi connectivity index (χ2n) is 5.72. The second-order valence-corrected chi connectivity index (χ2v) is 7.70. The van der Waals surface area contributed by atoms with E-state index in [1.54, 1.807) is 6.08 Å². The molecule has 0 saturated carbocycles. The maximum atomic E-state index is 12.6. The first-order valence-corrected chi connectivity index (χ1v) is 9.32. The lowest BCUT2D eigenvalue weighted by atomic mass is 10.3. The average molecular weight is 370 g/mol. The summed E-state index contributed by atoms with van der Waals surface area (Å²) in [4.78, 5) is 36.3. The van der Waals surface area contributed by atoms with Gasteiger partial charge in [-0.05, 0) is 49.2 Å². The van der Waals surface area contributed by atoms with Crippen LogP contribution >= 0.6 is 23.1 Å². The van der Waals surface area contributed by atoms with Crippen LogP contribution in [0.4, 0.5) is 4.79 Å². The predicted octanol–water partition coefficient (Wildman–Crippen LogP) is 3.64. The van der Waals surface area contributed by atoms with Gasteiger partial charge in [-0.3, -0.25) is 18.9 Å². The summed E-state index contributed by atoms with van der Waals surface area (Å²) < 4.78 is 1.86. The highest BCUT2D eigenvalue weighted by atomic mass is 32.2. The zero-order chi connectivity index (χ0) is 17.6. The maximum absolute atomic E-state index is 12.6. The minimum absolute atomic E-state index is 0.147. The summed E-state index contributed by atoms with van der Waals surface area (Å²) >= 11 is 2.50. The third kappa shape index (κ3) is 2.98. The molecule has 6 nitrogen and oxygen atoms in total. The predicted molar refractivity (Wildman–Crippen MR) is 98.3 cm³/mol. The molecular formula is C17H14N4O2S2. The molecule has 3 aromatic heterocycles. The van der Waals surface area contributed by atoms with Gasteiger partial charge in [0.2, 0.25) is 5.78 Å². The van der Waals surface area contributed by atoms with Crippen molar-refractivity contribution in [2.24, 2.45) is 0 Å². The Morgan fingerprint density at radius 3 is 2.84 bits per heavy atom. The van der Waals surface area contributed by atoms with Gasteiger partial charge in [0.05, 0.1) is 17.1 Å². The molecule has 0 unspecified atom stereocenters. The van der Waals surface area contributed by atoms with Gasteiger partial charge in [-0.15, -0.1) is 11.3 Å². The molecule has 2 amide bonds. The fourth-order valence-electron chi connectivity index (χ4n) is 2.70. The number of imide groups is 1. The summed E-state index contributed by atoms with van der Waals surface area (Å²) in [6.07, 6.45) is 3.58. The molecule has 0 aromatic carbocycles. The van der Waals surface area contributed by atoms with Crippen molar-refractivity contribution in [2.75, 3.05) is 0 Å². The Kier molecular flexibility index (Phi) is 3.93. The van der Waals surface area contributed by atoms with Crippen molar-refractivity contribution in [3.63, 3.8) is 0 Å². The normalized spacial score (nSPS) is 16.6. The molecule has 8 heteroatoms. The summed E-state index contributed by atoms with van der Waals surface area (Å²) in [6, 6.07) is 5.79. The smallest absolute Gasteiger partial charge is 0.288 e. The van der Waals surface area contributed by atoms with E-state index in [0.717, 1.165) is 28.0 Å². The lowest BCUT2D eigenvalue weighted by Crippen LogP contribution is -2.27. The van der Waals surface area contributed by atoms with Gasteiger partial charge in [0, 0.05) is 22.5 Å². The Bertz CT molecular complexity index is 1020. The van der Waals surface area contributed by atoms with Gasteiger partial charge in [-0.25, -0.2) is 9.97 Å². The van der Waals surface area contributed by atoms with Crippen molar-refractivity contribution in [1.82, 2.24) is 19.3 Å². The highest BCUT2D eigenvalue weighted by Gasteiger charge is 2.35. The number of thiophene rings is 1. The number of fused-ring (bicyclic) bond motifs is 1. The van der Waals surface area contributed by atoms with E-state index in [2.05, 4.69) is 9.97 Å². The Morgan fingerprint density at radius 2 is 2.08 bits per heavy atom. The Hall–Kier alpha value is -2.45. The number of thioether (sulfide) groups is 1. The average Bonchev–Trinajstić information content (AvgIpc) is 3.25. The number of hydrogen-bond acceptors (Lipinski definition) is 6. The molecule has 126 valence electrons. The van der Waals surface area contributed by atoms with Crippen molar-refractivity contribution < 1.29 is 9.59 Å². The van der Waals surface area contributed by atoms with Crippen molar-refractivity contribution in [3.8, 4) is 0 Å². The quantitative estimate of drug-likeness (QED) is 0.659. The Labute approximate surface area is 152 Å². The fourth-order valence-corrected chi connectivity index (χ4v) is 4.26. The van der Waals surface area contributed by atoms with Crippen molar-refractivity contribution in [1.29, 1.82) is 0 Å². The number of amides is 2. The van der Waals surface area contributed by atoms with Crippen LogP contribution in [-0.4, -0.2) is 30.4 Å². The van der Waals surface area contributed by atoms with Gasteiger partial charge in [-0.2, -0.15) is 0 Å². The molecule has 4 rings (SSSR count). The Morgan fingerprint density at radius 1 is 1.24 bits per heavy atom. The number of carbonyl (C=O) groups excluding carboxylic acids is 2. The summed E-state index contributed by atoms with van der Waals surface area (Å²) in [5.41, 5.74) is 2.53. The molecule has 0 N–H and O–H groups in total. The molecule has 3 aromatic rings. The number of imidazole rings is 1. The number of carbonyl (C=O) groups is 2. The number of rotatable bonds is 3. The first-order chi connectivity index (χ1) is 12.0. The van der Waals surface area contributed by atoms with Crippen LogP contribution in [0.3, 0.4) is 0 Å². The summed E-state index contributed by atoms with van der Waals surface area (Å²) in [5, 5.41) is 1.66. The first-order valence-electron chi connectivity index (χ1n) is 7.62. The van der Waals surface area contributed by atoms with E-state index in [9.17, 15) is 9.59 Å². The van der Waals surface area contributed by atoms with Crippen LogP contribution < -0.4 is 0 Å². The SMILES string of the molecule is Cc1cc(C)n2cc(CN3C(=O)S/C(=C\c4cccs4)C3=O)nc2n1. The van der Waals surface area contributed by atoms with Gasteiger partial charge in [0.1, 0.15) is 0 Å². The lowest BCUT2D eigenvalue weighted by molar-refractivity contribution is -0.123. The standard InChI is InChI=1S/C17H14N4O2S2/c1-10-6-11(2)20-8-12(19-16(20)18-10)9-21-15(22)14(25-17(21)23)7-13-4-3-5-24-13/h3-8H,9H2,1-2H3/b14-7-. The summed E-state index contributed by atoms with van der Waals surface area (Å²) in [6.45, 7) is 4.03. The minimum Gasteiger partial charge on any atom is -0.288 e. The third-order valence-corrected chi connectivity index (χ3v) is 5.55. The molecule has 1 aliphatic heterocycles. The molecule has 1 fully saturated rings. The molecule has 0 bridgehead atoms. The van der Waals surface area contributed by atoms with Crippen LogP contribution in [-0.2, 0) is 11.3 Å². The zero-order valence-electron chi connectivity index (χ0n) is 13.6. The van der Waals surface area contributed by atoms with Crippen LogP contribution in [0.25, 0.3) is 11.9 Å². The van der Waals surface area contributed by atoms with Crippen molar-refractivity contribution >= 4 is 46.1 Å². The van der Waals surface area contributed by atoms with E-state index in [-0.39, 0.29) is 17.7 Å². The van der Waals surface area contributed by atoms with Crippen LogP contribution in [0, 0.1) is 13.8 Å². The van der Waals surface area contributed by atoms with Gasteiger partial charge < -0.3 is 0 Å². The van der Waals surface area contributed by atoms with Gasteiger partial charge in [-0.1, -0.05) is 6.07 Å². The largest absolute Gasteiger partial charge is 0.293 e.